The van der Waals surface area contributed by atoms with Crippen LogP contribution in [-0.2, 0) is 24.0 Å². The zero-order valence-electron chi connectivity index (χ0n) is 13.4. The summed E-state index contributed by atoms with van der Waals surface area (Å²) in [6.07, 6.45) is 6.07. The monoisotopic (exact) mass is 364 g/mol. The van der Waals surface area contributed by atoms with Crippen LogP contribution in [0.5, 0.6) is 0 Å². The third kappa shape index (κ3) is 2.92. The van der Waals surface area contributed by atoms with Gasteiger partial charge in [-0.2, -0.15) is 0 Å². The maximum atomic E-state index is 12.6. The van der Waals surface area contributed by atoms with Gasteiger partial charge in [-0.05, 0) is 12.8 Å². The first-order valence-corrected chi connectivity index (χ1v) is 7.59. The fourth-order valence-corrected chi connectivity index (χ4v) is 3.04. The van der Waals surface area contributed by atoms with Crippen molar-refractivity contribution in [1.29, 1.82) is 0 Å². The normalized spacial score (nSPS) is 23.3. The second-order valence-electron chi connectivity index (χ2n) is 6.26. The number of hydrogen-bond acceptors (Lipinski definition) is 5. The summed E-state index contributed by atoms with van der Waals surface area (Å²) in [5, 5.41) is 36.8. The number of carbonyl (C=O) groups excluding carboxylic acids is 1. The van der Waals surface area contributed by atoms with E-state index < -0.39 is 58.7 Å². The van der Waals surface area contributed by atoms with Crippen LogP contribution in [0.1, 0.15) is 12.8 Å². The van der Waals surface area contributed by atoms with E-state index in [2.05, 4.69) is 0 Å². The number of hydrogen-bond donors (Lipinski definition) is 4. The van der Waals surface area contributed by atoms with Crippen LogP contribution in [0.3, 0.4) is 0 Å². The molecule has 0 spiro atoms. The third-order valence-electron chi connectivity index (χ3n) is 4.76. The van der Waals surface area contributed by atoms with Crippen molar-refractivity contribution in [2.24, 2.45) is 22.7 Å². The summed E-state index contributed by atoms with van der Waals surface area (Å²) in [6.45, 7) is 0. The highest BCUT2D eigenvalue weighted by molar-refractivity contribution is 6.04. The van der Waals surface area contributed by atoms with Crippen molar-refractivity contribution in [3.8, 4) is 0 Å². The van der Waals surface area contributed by atoms with Gasteiger partial charge in [-0.3, -0.25) is 24.0 Å². The molecule has 2 aliphatic rings. The van der Waals surface area contributed by atoms with E-state index in [9.17, 15) is 34.2 Å². The SMILES string of the molecule is O=C(C1C=CC(C(=O)O)(C(=O)O)C=C1)C1C=CCC(C(=O)O)(C(=O)O)C1. The Morgan fingerprint density at radius 3 is 1.69 bits per heavy atom. The molecule has 0 aromatic carbocycles. The summed E-state index contributed by atoms with van der Waals surface area (Å²) >= 11 is 0. The summed E-state index contributed by atoms with van der Waals surface area (Å²) in [4.78, 5) is 57.9. The highest BCUT2D eigenvalue weighted by Crippen LogP contribution is 2.39. The van der Waals surface area contributed by atoms with E-state index in [1.54, 1.807) is 0 Å². The molecule has 0 amide bonds. The Morgan fingerprint density at radius 1 is 0.769 bits per heavy atom. The van der Waals surface area contributed by atoms with Crippen molar-refractivity contribution >= 4 is 29.7 Å². The van der Waals surface area contributed by atoms with Crippen LogP contribution in [-0.4, -0.2) is 50.1 Å². The van der Waals surface area contributed by atoms with Gasteiger partial charge in [-0.1, -0.05) is 36.5 Å². The summed E-state index contributed by atoms with van der Waals surface area (Å²) in [6, 6.07) is 0. The predicted octanol–water partition coefficient (Wildman–Crippen LogP) is 0.575. The van der Waals surface area contributed by atoms with Gasteiger partial charge in [0, 0.05) is 5.92 Å². The molecular weight excluding hydrogens is 348 g/mol. The van der Waals surface area contributed by atoms with E-state index in [1.807, 2.05) is 0 Å². The van der Waals surface area contributed by atoms with Crippen molar-refractivity contribution in [1.82, 2.24) is 0 Å². The van der Waals surface area contributed by atoms with Crippen molar-refractivity contribution in [2.45, 2.75) is 12.8 Å². The molecule has 138 valence electrons. The third-order valence-corrected chi connectivity index (χ3v) is 4.76. The number of carboxylic acid groups (broad SMARTS) is 4. The molecule has 2 aliphatic carbocycles. The molecule has 0 bridgehead atoms. The first kappa shape index (κ1) is 19.1. The van der Waals surface area contributed by atoms with Gasteiger partial charge in [0.1, 0.15) is 5.78 Å². The number of aliphatic carboxylic acids is 4. The molecular formula is C17H16O9. The maximum Gasteiger partial charge on any atom is 0.328 e. The molecule has 0 heterocycles. The van der Waals surface area contributed by atoms with E-state index in [1.165, 1.54) is 12.2 Å². The number of carboxylic acids is 4. The molecule has 0 radical (unpaired) electrons. The molecule has 26 heavy (non-hydrogen) atoms. The van der Waals surface area contributed by atoms with Gasteiger partial charge in [0.2, 0.25) is 5.41 Å². The zero-order chi connectivity index (χ0) is 19.7. The van der Waals surface area contributed by atoms with Crippen LogP contribution in [0.2, 0.25) is 0 Å². The van der Waals surface area contributed by atoms with E-state index in [4.69, 9.17) is 10.2 Å². The van der Waals surface area contributed by atoms with E-state index in [0.29, 0.717) is 0 Å². The molecule has 0 saturated carbocycles. The molecule has 9 heteroatoms. The Bertz CT molecular complexity index is 727. The Morgan fingerprint density at radius 2 is 1.27 bits per heavy atom. The van der Waals surface area contributed by atoms with Crippen LogP contribution < -0.4 is 0 Å². The topological polar surface area (TPSA) is 166 Å². The Labute approximate surface area is 146 Å². The summed E-state index contributed by atoms with van der Waals surface area (Å²) in [5.41, 5.74) is -4.38. The average Bonchev–Trinajstić information content (AvgIpc) is 2.60. The molecule has 1 atom stereocenters. The lowest BCUT2D eigenvalue weighted by atomic mass is 9.69. The number of Topliss-reactive ketones (excluding diaryl/α,β-unsaturated/α-hetero) is 1. The molecule has 1 unspecified atom stereocenters. The van der Waals surface area contributed by atoms with Gasteiger partial charge in [-0.15, -0.1) is 0 Å². The van der Waals surface area contributed by atoms with Crippen LogP contribution >= 0.6 is 0 Å². The molecule has 0 saturated heterocycles. The van der Waals surface area contributed by atoms with Crippen molar-refractivity contribution in [3.63, 3.8) is 0 Å². The number of rotatable bonds is 6. The second kappa shape index (κ2) is 6.58. The molecule has 0 aliphatic heterocycles. The van der Waals surface area contributed by atoms with Gasteiger partial charge in [-0.25, -0.2) is 0 Å². The van der Waals surface area contributed by atoms with Gasteiger partial charge in [0.15, 0.2) is 5.41 Å². The van der Waals surface area contributed by atoms with Gasteiger partial charge in [0.05, 0.1) is 5.92 Å². The standard InChI is InChI=1S/C17H16O9/c18-11(9-3-6-16(7-4-9,12(19)20)13(21)22)10-2-1-5-17(8-10,14(23)24)15(25)26/h1-4,6-7,9-10H,5,8H2,(H,19,20)(H,21,22)(H,23,24)(H,25,26). The van der Waals surface area contributed by atoms with Gasteiger partial charge < -0.3 is 20.4 Å². The first-order valence-electron chi connectivity index (χ1n) is 7.59. The first-order chi connectivity index (χ1) is 12.1. The van der Waals surface area contributed by atoms with E-state index >= 15 is 0 Å². The van der Waals surface area contributed by atoms with E-state index in [0.717, 1.165) is 24.3 Å². The Hall–Kier alpha value is -3.23. The van der Waals surface area contributed by atoms with E-state index in [-0.39, 0.29) is 6.42 Å². The highest BCUT2D eigenvalue weighted by atomic mass is 16.4. The zero-order valence-corrected chi connectivity index (χ0v) is 13.4. The molecule has 0 fully saturated rings. The smallest absolute Gasteiger partial charge is 0.328 e. The summed E-state index contributed by atoms with van der Waals surface area (Å²) in [7, 11) is 0. The molecule has 4 N–H and O–H groups in total. The molecule has 9 nitrogen and oxygen atoms in total. The quantitative estimate of drug-likeness (QED) is 0.389. The fourth-order valence-electron chi connectivity index (χ4n) is 3.04. The maximum absolute atomic E-state index is 12.6. The lowest BCUT2D eigenvalue weighted by Crippen LogP contribution is -2.44. The molecule has 2 rings (SSSR count). The minimum absolute atomic E-state index is 0.251. The molecule has 0 aromatic rings. The Balaban J connectivity index is 2.25. The minimum atomic E-state index is -2.27. The Kier molecular flexibility index (Phi) is 4.84. The largest absolute Gasteiger partial charge is 0.480 e. The number of allylic oxidation sites excluding steroid dienone is 4. The van der Waals surface area contributed by atoms with Crippen LogP contribution in [0.15, 0.2) is 36.5 Å². The van der Waals surface area contributed by atoms with Crippen molar-refractivity contribution in [3.05, 3.63) is 36.5 Å². The van der Waals surface area contributed by atoms with Gasteiger partial charge in [0.25, 0.3) is 0 Å². The minimum Gasteiger partial charge on any atom is -0.480 e. The van der Waals surface area contributed by atoms with Crippen LogP contribution in [0.4, 0.5) is 0 Å². The summed E-state index contributed by atoms with van der Waals surface area (Å²) in [5.74, 6) is -8.83. The van der Waals surface area contributed by atoms with Crippen LogP contribution in [0, 0.1) is 22.7 Å². The number of ketones is 1. The lowest BCUT2D eigenvalue weighted by Gasteiger charge is -2.31. The lowest BCUT2D eigenvalue weighted by molar-refractivity contribution is -0.166. The predicted molar refractivity (Wildman–Crippen MR) is 84.1 cm³/mol. The number of carbonyl (C=O) groups is 5. The second-order valence-corrected chi connectivity index (χ2v) is 6.26. The van der Waals surface area contributed by atoms with Crippen LogP contribution in [0.25, 0.3) is 0 Å². The average molecular weight is 364 g/mol. The van der Waals surface area contributed by atoms with Crippen molar-refractivity contribution < 1.29 is 44.4 Å². The fraction of sp³-hybridized carbons (Fsp3) is 0.353. The summed E-state index contributed by atoms with van der Waals surface area (Å²) < 4.78 is 0. The highest BCUT2D eigenvalue weighted by Gasteiger charge is 2.50. The van der Waals surface area contributed by atoms with Crippen molar-refractivity contribution in [2.75, 3.05) is 0 Å². The van der Waals surface area contributed by atoms with Gasteiger partial charge >= 0.3 is 23.9 Å². The molecule has 0 aromatic heterocycles.